The Labute approximate surface area is 256 Å². The van der Waals surface area contributed by atoms with Crippen LogP contribution < -0.4 is 0 Å². The Bertz CT molecular complexity index is 1380. The lowest BCUT2D eigenvalue weighted by Crippen LogP contribution is -2.01. The molecule has 5 rings (SSSR count). The fourth-order valence-electron chi connectivity index (χ4n) is 5.74. The highest BCUT2D eigenvalue weighted by Crippen LogP contribution is 2.44. The number of hydrogen-bond acceptors (Lipinski definition) is 6. The Balaban J connectivity index is 1.40. The summed E-state index contributed by atoms with van der Waals surface area (Å²) in [5.74, 6) is 1.60. The van der Waals surface area contributed by atoms with E-state index in [4.69, 9.17) is 9.97 Å². The molecule has 4 heterocycles. The SMILES string of the molecule is CCCCC(CC)Cc1ccc(-c2nc3c(C)c4sc(-c5ccc(CC(CC)CCCC)s5)nc4c(C)c3s2)s1. The molecular formula is C34H44N2S4. The van der Waals surface area contributed by atoms with Gasteiger partial charge in [0.15, 0.2) is 0 Å². The van der Waals surface area contributed by atoms with Gasteiger partial charge in [-0.2, -0.15) is 0 Å². The van der Waals surface area contributed by atoms with Crippen molar-refractivity contribution in [2.75, 3.05) is 0 Å². The minimum atomic E-state index is 0.798. The van der Waals surface area contributed by atoms with Crippen molar-refractivity contribution in [3.8, 4) is 19.8 Å². The molecule has 0 radical (unpaired) electrons. The Kier molecular flexibility index (Phi) is 10.1. The molecule has 4 aromatic heterocycles. The molecule has 0 N–H and O–H groups in total. The Morgan fingerprint density at radius 3 is 1.40 bits per heavy atom. The molecular weight excluding hydrogens is 565 g/mol. The van der Waals surface area contributed by atoms with Crippen LogP contribution in [0.1, 0.15) is 99.9 Å². The van der Waals surface area contributed by atoms with Gasteiger partial charge in [0.2, 0.25) is 0 Å². The number of thiophene rings is 2. The largest absolute Gasteiger partial charge is 0.235 e. The maximum Gasteiger partial charge on any atom is 0.134 e. The standard InChI is InChI=1S/C34H44N2S4/c1-7-11-13-23(9-3)19-25-15-17-27(37-25)33-35-29-21(5)32-30(22(6)31(29)39-33)36-34(40-32)28-18-16-26(38-28)20-24(10-4)14-12-8-2/h15-18,23-24H,7-14,19-20H2,1-6H3. The van der Waals surface area contributed by atoms with Crippen LogP contribution in [0.3, 0.4) is 0 Å². The van der Waals surface area contributed by atoms with Crippen molar-refractivity contribution < 1.29 is 0 Å². The minimum Gasteiger partial charge on any atom is -0.235 e. The number of rotatable bonds is 14. The lowest BCUT2D eigenvalue weighted by molar-refractivity contribution is 0.452. The van der Waals surface area contributed by atoms with E-state index in [1.165, 1.54) is 104 Å². The second-order valence-corrected chi connectivity index (χ2v) is 15.8. The van der Waals surface area contributed by atoms with Gasteiger partial charge in [-0.25, -0.2) is 9.97 Å². The quantitative estimate of drug-likeness (QED) is 0.125. The summed E-state index contributed by atoms with van der Waals surface area (Å²) in [6.45, 7) is 13.8. The van der Waals surface area contributed by atoms with Gasteiger partial charge < -0.3 is 0 Å². The Morgan fingerprint density at radius 2 is 1.02 bits per heavy atom. The number of benzene rings is 1. The number of fused-ring (bicyclic) bond motifs is 2. The van der Waals surface area contributed by atoms with Crippen LogP contribution in [-0.2, 0) is 12.8 Å². The van der Waals surface area contributed by atoms with Crippen LogP contribution in [0.2, 0.25) is 0 Å². The van der Waals surface area contributed by atoms with Crippen molar-refractivity contribution in [3.05, 3.63) is 45.1 Å². The van der Waals surface area contributed by atoms with Crippen LogP contribution in [0.4, 0.5) is 0 Å². The van der Waals surface area contributed by atoms with Gasteiger partial charge >= 0.3 is 0 Å². The molecule has 40 heavy (non-hydrogen) atoms. The maximum absolute atomic E-state index is 5.22. The molecule has 0 fully saturated rings. The number of aromatic nitrogens is 2. The number of unbranched alkanes of at least 4 members (excludes halogenated alkanes) is 2. The van der Waals surface area contributed by atoms with E-state index in [2.05, 4.69) is 65.8 Å². The highest BCUT2D eigenvalue weighted by Gasteiger charge is 2.20. The van der Waals surface area contributed by atoms with E-state index in [0.29, 0.717) is 0 Å². The van der Waals surface area contributed by atoms with E-state index < -0.39 is 0 Å². The summed E-state index contributed by atoms with van der Waals surface area (Å²) in [4.78, 5) is 16.1. The minimum absolute atomic E-state index is 0.798. The molecule has 0 saturated heterocycles. The van der Waals surface area contributed by atoms with Crippen molar-refractivity contribution in [2.45, 2.75) is 106 Å². The summed E-state index contributed by atoms with van der Waals surface area (Å²) in [7, 11) is 0. The fraction of sp³-hybridized carbons (Fsp3) is 0.529. The predicted molar refractivity (Wildman–Crippen MR) is 183 cm³/mol. The summed E-state index contributed by atoms with van der Waals surface area (Å²) in [6, 6.07) is 9.28. The lowest BCUT2D eigenvalue weighted by Gasteiger charge is -2.12. The van der Waals surface area contributed by atoms with Gasteiger partial charge in [-0.1, -0.05) is 79.1 Å². The van der Waals surface area contributed by atoms with Gasteiger partial charge in [0.05, 0.1) is 30.2 Å². The predicted octanol–water partition coefficient (Wildman–Crippen LogP) is 12.5. The molecule has 0 aliphatic carbocycles. The smallest absolute Gasteiger partial charge is 0.134 e. The number of nitrogens with zero attached hydrogens (tertiary/aromatic N) is 2. The summed E-state index contributed by atoms with van der Waals surface area (Å²) >= 11 is 7.59. The molecule has 0 amide bonds. The molecule has 6 heteroatoms. The first-order valence-corrected chi connectivity index (χ1v) is 18.6. The average Bonchev–Trinajstić information content (AvgIpc) is 3.77. The van der Waals surface area contributed by atoms with Crippen LogP contribution in [-0.4, -0.2) is 9.97 Å². The van der Waals surface area contributed by atoms with Crippen molar-refractivity contribution in [2.24, 2.45) is 11.8 Å². The lowest BCUT2D eigenvalue weighted by atomic mass is 9.95. The number of aryl methyl sites for hydroxylation is 2. The molecule has 5 aromatic rings. The van der Waals surface area contributed by atoms with Crippen LogP contribution in [0.5, 0.6) is 0 Å². The van der Waals surface area contributed by atoms with Crippen molar-refractivity contribution in [1.82, 2.24) is 9.97 Å². The molecule has 1 aromatic carbocycles. The summed E-state index contributed by atoms with van der Waals surface area (Å²) in [5, 5.41) is 2.32. The monoisotopic (exact) mass is 608 g/mol. The molecule has 214 valence electrons. The number of thiazole rings is 2. The van der Waals surface area contributed by atoms with E-state index in [1.807, 2.05) is 45.3 Å². The molecule has 2 atom stereocenters. The van der Waals surface area contributed by atoms with Crippen LogP contribution >= 0.6 is 45.3 Å². The topological polar surface area (TPSA) is 25.8 Å². The van der Waals surface area contributed by atoms with Gasteiger partial charge in [0, 0.05) is 9.75 Å². The Hall–Kier alpha value is -1.60. The first-order valence-electron chi connectivity index (χ1n) is 15.3. The van der Waals surface area contributed by atoms with Crippen LogP contribution in [0, 0.1) is 25.7 Å². The first kappa shape index (κ1) is 29.9. The number of hydrogen-bond donors (Lipinski definition) is 0. The van der Waals surface area contributed by atoms with Gasteiger partial charge in [-0.3, -0.25) is 0 Å². The highest BCUT2D eigenvalue weighted by atomic mass is 32.1. The molecule has 0 aliphatic heterocycles. The fourth-order valence-corrected chi connectivity index (χ4v) is 10.3. The average molecular weight is 609 g/mol. The van der Waals surface area contributed by atoms with E-state index in [-0.39, 0.29) is 0 Å². The molecule has 0 aliphatic rings. The first-order chi connectivity index (χ1) is 19.4. The normalized spacial score (nSPS) is 13.6. The van der Waals surface area contributed by atoms with Gasteiger partial charge in [-0.15, -0.1) is 45.3 Å². The zero-order valence-electron chi connectivity index (χ0n) is 25.1. The zero-order valence-corrected chi connectivity index (χ0v) is 28.3. The third kappa shape index (κ3) is 6.40. The van der Waals surface area contributed by atoms with Crippen molar-refractivity contribution >= 4 is 65.8 Å². The van der Waals surface area contributed by atoms with Gasteiger partial charge in [0.1, 0.15) is 10.0 Å². The molecule has 0 bridgehead atoms. The van der Waals surface area contributed by atoms with Crippen LogP contribution in [0.25, 0.3) is 40.2 Å². The van der Waals surface area contributed by atoms with Crippen molar-refractivity contribution in [1.29, 1.82) is 0 Å². The second-order valence-electron chi connectivity index (χ2n) is 11.4. The molecule has 2 nitrogen and oxygen atoms in total. The zero-order chi connectivity index (χ0) is 28.2. The van der Waals surface area contributed by atoms with E-state index >= 15 is 0 Å². The Morgan fingerprint density at radius 1 is 0.600 bits per heavy atom. The highest BCUT2D eigenvalue weighted by molar-refractivity contribution is 7.27. The van der Waals surface area contributed by atoms with Crippen LogP contribution in [0.15, 0.2) is 24.3 Å². The van der Waals surface area contributed by atoms with Gasteiger partial charge in [0.25, 0.3) is 0 Å². The van der Waals surface area contributed by atoms with E-state index in [0.717, 1.165) is 32.9 Å². The second kappa shape index (κ2) is 13.6. The van der Waals surface area contributed by atoms with Gasteiger partial charge in [-0.05, 0) is 73.9 Å². The van der Waals surface area contributed by atoms with E-state index in [9.17, 15) is 0 Å². The summed E-state index contributed by atoms with van der Waals surface area (Å²) in [6.07, 6.45) is 12.9. The molecule has 2 unspecified atom stereocenters. The summed E-state index contributed by atoms with van der Waals surface area (Å²) < 4.78 is 2.60. The van der Waals surface area contributed by atoms with Crippen molar-refractivity contribution in [3.63, 3.8) is 0 Å². The summed E-state index contributed by atoms with van der Waals surface area (Å²) in [5.41, 5.74) is 4.90. The third-order valence-corrected chi connectivity index (χ3v) is 13.4. The molecule has 0 spiro atoms. The third-order valence-electron chi connectivity index (χ3n) is 8.46. The maximum atomic E-state index is 5.22. The molecule has 0 saturated carbocycles. The van der Waals surface area contributed by atoms with E-state index in [1.54, 1.807) is 0 Å².